The van der Waals surface area contributed by atoms with Crippen LogP contribution in [0.25, 0.3) is 33.3 Å². The van der Waals surface area contributed by atoms with Gasteiger partial charge in [-0.05, 0) is 84.9 Å². The molecule has 0 amide bonds. The molecule has 2 aliphatic heterocycles. The maximum atomic E-state index is 6.78. The minimum absolute atomic E-state index is 0.0239. The topological polar surface area (TPSA) is 42.3 Å². The number of unbranched alkanes of at least 4 members (excludes halogenated alkanes) is 1. The summed E-state index contributed by atoms with van der Waals surface area (Å²) in [6, 6.07) is 20.7. The summed E-state index contributed by atoms with van der Waals surface area (Å²) < 4.78 is 9.38. The first-order chi connectivity index (χ1) is 25.1. The van der Waals surface area contributed by atoms with Gasteiger partial charge in [-0.1, -0.05) is 116 Å². The Morgan fingerprint density at radius 3 is 2.56 bits per heavy atom. The van der Waals surface area contributed by atoms with Gasteiger partial charge in [-0.3, -0.25) is 0 Å². The van der Waals surface area contributed by atoms with Gasteiger partial charge in [-0.15, -0.1) is 0 Å². The average Bonchev–Trinajstić information content (AvgIpc) is 3.77. The lowest BCUT2D eigenvalue weighted by atomic mass is 9.78. The lowest BCUT2D eigenvalue weighted by Gasteiger charge is -2.32. The van der Waals surface area contributed by atoms with Crippen molar-refractivity contribution >= 4 is 41.0 Å². The minimum atomic E-state index is -1.68. The number of pyridine rings is 2. The van der Waals surface area contributed by atoms with Crippen molar-refractivity contribution in [2.24, 2.45) is 16.8 Å². The van der Waals surface area contributed by atoms with Crippen LogP contribution in [0.5, 0.6) is 0 Å². The molecule has 2 unspecified atom stereocenters. The van der Waals surface area contributed by atoms with Crippen LogP contribution in [-0.2, 0) is 19.3 Å². The monoisotopic (exact) mass is 706 g/mol. The molecule has 8 rings (SSSR count). The highest BCUT2D eigenvalue weighted by atomic mass is 28.3. The van der Waals surface area contributed by atoms with Crippen molar-refractivity contribution in [3.63, 3.8) is 0 Å². The summed E-state index contributed by atoms with van der Waals surface area (Å²) in [7, 11) is -1.68. The number of nitrogens with zero attached hydrogens (tertiary/aromatic N) is 3. The second kappa shape index (κ2) is 14.0. The Morgan fingerprint density at radius 1 is 1.00 bits per heavy atom. The molecule has 1 saturated carbocycles. The summed E-state index contributed by atoms with van der Waals surface area (Å²) in [5, 5.41) is 3.77. The van der Waals surface area contributed by atoms with E-state index < -0.39 is 8.07 Å². The van der Waals surface area contributed by atoms with Crippen molar-refractivity contribution in [3.05, 3.63) is 113 Å². The number of aromatic nitrogens is 2. The normalized spacial score (nSPS) is 19.4. The van der Waals surface area contributed by atoms with Crippen molar-refractivity contribution in [2.45, 2.75) is 117 Å². The molecule has 5 heterocycles. The van der Waals surface area contributed by atoms with E-state index >= 15 is 0 Å². The number of aliphatic imine (C=N–C) groups is 1. The zero-order valence-electron chi connectivity index (χ0n) is 32.3. The molecule has 2 aromatic carbocycles. The molecule has 4 nitrogen and oxygen atoms in total. The molecular weight excluding hydrogens is 651 g/mol. The highest BCUT2D eigenvalue weighted by molar-refractivity contribution is 6.89. The lowest BCUT2D eigenvalue weighted by Crippen LogP contribution is -2.54. The van der Waals surface area contributed by atoms with Gasteiger partial charge in [-0.25, -0.2) is 9.98 Å². The molecule has 0 bridgehead atoms. The van der Waals surface area contributed by atoms with Crippen molar-refractivity contribution in [1.29, 1.82) is 0 Å². The summed E-state index contributed by atoms with van der Waals surface area (Å²) in [6.07, 6.45) is 18.7. The van der Waals surface area contributed by atoms with Gasteiger partial charge in [0, 0.05) is 38.8 Å². The van der Waals surface area contributed by atoms with Crippen LogP contribution < -0.4 is 9.75 Å². The molecule has 0 saturated heterocycles. The predicted octanol–water partition coefficient (Wildman–Crippen LogP) is 11.4. The molecule has 2 atom stereocenters. The predicted molar refractivity (Wildman–Crippen MR) is 221 cm³/mol. The molecule has 0 radical (unpaired) electrons. The van der Waals surface area contributed by atoms with Crippen molar-refractivity contribution in [2.75, 3.05) is 0 Å². The zero-order chi connectivity index (χ0) is 36.1. The van der Waals surface area contributed by atoms with Crippen LogP contribution in [-0.4, -0.2) is 18.8 Å². The van der Waals surface area contributed by atoms with E-state index in [1.165, 1.54) is 54.5 Å². The fourth-order valence-electron chi connectivity index (χ4n) is 9.44. The summed E-state index contributed by atoms with van der Waals surface area (Å²) in [5.74, 6) is 1.58. The van der Waals surface area contributed by atoms with E-state index in [4.69, 9.17) is 21.0 Å². The van der Waals surface area contributed by atoms with Crippen molar-refractivity contribution in [1.82, 2.24) is 4.98 Å². The number of fused-ring (bicyclic) bond motifs is 11. The molecule has 1 aliphatic carbocycles. The summed E-state index contributed by atoms with van der Waals surface area (Å²) in [4.78, 5) is 10.6. The van der Waals surface area contributed by atoms with E-state index in [0.717, 1.165) is 82.8 Å². The maximum absolute atomic E-state index is 6.78. The molecule has 1 fully saturated rings. The third-order valence-electron chi connectivity index (χ3n) is 11.9. The summed E-state index contributed by atoms with van der Waals surface area (Å²) in [6.45, 7) is 19.1. The van der Waals surface area contributed by atoms with Gasteiger partial charge >= 0.3 is 0 Å². The Kier molecular flexibility index (Phi) is 9.44. The molecule has 0 N–H and O–H groups in total. The minimum Gasteiger partial charge on any atom is -0.437 e. The Labute approximate surface area is 311 Å². The quantitative estimate of drug-likeness (QED) is 0.119. The van der Waals surface area contributed by atoms with Gasteiger partial charge in [-0.2, -0.15) is 4.57 Å². The zero-order valence-corrected chi connectivity index (χ0v) is 33.3. The number of allylic oxidation sites excluding steroid dienone is 3. The lowest BCUT2D eigenvalue weighted by molar-refractivity contribution is -0.708. The van der Waals surface area contributed by atoms with Gasteiger partial charge in [0.2, 0.25) is 17.4 Å². The third kappa shape index (κ3) is 6.44. The van der Waals surface area contributed by atoms with E-state index in [1.54, 1.807) is 10.8 Å². The first-order valence-electron chi connectivity index (χ1n) is 20.1. The molecule has 5 heteroatoms. The molecule has 5 aromatic rings. The van der Waals surface area contributed by atoms with Gasteiger partial charge in [0.05, 0.1) is 19.7 Å². The Morgan fingerprint density at radius 2 is 1.79 bits per heavy atom. The number of furan rings is 1. The van der Waals surface area contributed by atoms with Crippen molar-refractivity contribution in [3.8, 4) is 11.3 Å². The molecule has 3 aliphatic rings. The largest absolute Gasteiger partial charge is 0.437 e. The Bertz CT molecular complexity index is 2230. The van der Waals surface area contributed by atoms with Crippen LogP contribution in [0.4, 0.5) is 0 Å². The second-order valence-corrected chi connectivity index (χ2v) is 22.3. The molecule has 3 aromatic heterocycles. The van der Waals surface area contributed by atoms with E-state index in [-0.39, 0.29) is 12.0 Å². The summed E-state index contributed by atoms with van der Waals surface area (Å²) >= 11 is 0. The first-order valence-corrected chi connectivity index (χ1v) is 23.6. The van der Waals surface area contributed by atoms with Crippen LogP contribution >= 0.6 is 0 Å². The van der Waals surface area contributed by atoms with Gasteiger partial charge in [0.1, 0.15) is 11.3 Å². The van der Waals surface area contributed by atoms with E-state index in [9.17, 15) is 0 Å². The fourth-order valence-corrected chi connectivity index (χ4v) is 11.1. The second-order valence-electron chi connectivity index (χ2n) is 17.3. The van der Waals surface area contributed by atoms with E-state index in [0.29, 0.717) is 5.92 Å². The molecule has 52 heavy (non-hydrogen) atoms. The average molecular weight is 707 g/mol. The molecular formula is C47H56N3OSi+. The van der Waals surface area contributed by atoms with Crippen LogP contribution in [0.3, 0.4) is 0 Å². The number of hydrogen-bond acceptors (Lipinski definition) is 3. The fraction of sp³-hybridized carbons (Fsp3) is 0.426. The van der Waals surface area contributed by atoms with Crippen LogP contribution in [0, 0.1) is 11.8 Å². The van der Waals surface area contributed by atoms with Gasteiger partial charge in [0.15, 0.2) is 6.20 Å². The van der Waals surface area contributed by atoms with E-state index in [2.05, 4.69) is 118 Å². The smallest absolute Gasteiger partial charge is 0.227 e. The van der Waals surface area contributed by atoms with E-state index in [1.807, 2.05) is 0 Å². The standard InChI is InChI=1S/C47H56N3OSi/c1-8-9-10-19-41-44-33(21-24-39-40-25-22-35(26-30(2)3)49-47(40)51-46(39)44)20-23-38-36-17-13-14-18-37(36)42-28-34(27-32-15-11-12-16-32)43(52(5,6)7)29-50(42)45(38)31(4)48-41/h10,13-14,17-19,21-22,24-25,28-30,32,38,45H,4,8-9,11-12,15-16,20,23,26-27H2,1-3,5-7H3/q+1/b19-10-,48-41?. The van der Waals surface area contributed by atoms with Crippen molar-refractivity contribution < 1.29 is 8.98 Å². The van der Waals surface area contributed by atoms with Crippen LogP contribution in [0.15, 0.2) is 94.6 Å². The van der Waals surface area contributed by atoms with Gasteiger partial charge in [0.25, 0.3) is 0 Å². The molecule has 268 valence electrons. The Balaban J connectivity index is 1.33. The number of aryl methyl sites for hydroxylation is 1. The van der Waals surface area contributed by atoms with Crippen LogP contribution in [0.1, 0.15) is 106 Å². The number of rotatable bonds is 8. The summed E-state index contributed by atoms with van der Waals surface area (Å²) in [5.41, 5.74) is 12.6. The first kappa shape index (κ1) is 35.0. The maximum Gasteiger partial charge on any atom is 0.227 e. The molecule has 0 spiro atoms. The SMILES string of the molecule is C=C1N=C(/C=C\CCC)c2c(ccc3c2oc2nc(CC(C)C)ccc23)CCC2c3ccccc3-c3cc(CC4CCCC4)c([Si](C)(C)C)c[n+]3C12. The number of hydrogen-bond donors (Lipinski definition) is 0. The highest BCUT2D eigenvalue weighted by Gasteiger charge is 2.44. The third-order valence-corrected chi connectivity index (χ3v) is 14.0. The van der Waals surface area contributed by atoms with Gasteiger partial charge < -0.3 is 4.42 Å². The van der Waals surface area contributed by atoms with Crippen LogP contribution in [0.2, 0.25) is 19.6 Å². The Hall–Kier alpha value is -4.09. The number of benzene rings is 2. The highest BCUT2D eigenvalue weighted by Crippen LogP contribution is 2.45.